The maximum atomic E-state index is 2.55. The minimum Gasteiger partial charge on any atom is -0.306 e. The lowest BCUT2D eigenvalue weighted by molar-refractivity contribution is 1.16. The SMILES string of the molecule is c1ccc(-c2ccc(N(c3ccc(-c4ccccc4)cc3)c3cc4c(s3)c3sc5c6sccc6n(-c6ccc7ccccc7c6)c5c3n4-c3ccc4ccccc4c3)cc2)cc1. The number of hydrogen-bond acceptors (Lipinski definition) is 4. The Bertz CT molecular complexity index is 3710. The molecular weight excluding hydrogens is 811 g/mol. The lowest BCUT2D eigenvalue weighted by atomic mass is 10.0. The minimum absolute atomic E-state index is 1.12. The van der Waals surface area contributed by atoms with Gasteiger partial charge in [0, 0.05) is 22.7 Å². The molecule has 0 N–H and O–H groups in total. The van der Waals surface area contributed by atoms with E-state index in [1.807, 2.05) is 34.0 Å². The Balaban J connectivity index is 1.07. The highest BCUT2D eigenvalue weighted by Gasteiger charge is 2.28. The highest BCUT2D eigenvalue weighted by atomic mass is 32.1. The van der Waals surface area contributed by atoms with Crippen molar-refractivity contribution >= 4 is 113 Å². The molecule has 0 bridgehead atoms. The molecule has 62 heavy (non-hydrogen) atoms. The quantitative estimate of drug-likeness (QED) is 0.156. The van der Waals surface area contributed by atoms with Crippen molar-refractivity contribution in [2.75, 3.05) is 4.90 Å². The molecule has 0 fully saturated rings. The van der Waals surface area contributed by atoms with Crippen molar-refractivity contribution in [2.45, 2.75) is 0 Å². The second-order valence-electron chi connectivity index (χ2n) is 15.8. The molecule has 5 heterocycles. The Morgan fingerprint density at radius 2 is 0.806 bits per heavy atom. The Hall–Kier alpha value is -7.22. The third-order valence-electron chi connectivity index (χ3n) is 12.2. The van der Waals surface area contributed by atoms with E-state index in [0.29, 0.717) is 0 Å². The monoisotopic (exact) mass is 845 g/mol. The normalized spacial score (nSPS) is 11.9. The molecule has 0 saturated carbocycles. The fourth-order valence-corrected chi connectivity index (χ4v) is 12.9. The van der Waals surface area contributed by atoms with Gasteiger partial charge in [-0.25, -0.2) is 0 Å². The van der Waals surface area contributed by atoms with Gasteiger partial charge in [0.15, 0.2) is 0 Å². The standard InChI is InChI=1S/C56H35N3S3/c1-3-11-36(12-4-1)40-19-25-44(26-20-40)57(45-27-21-41(22-28-45)37-13-5-2-6-14-37)50-35-49-54(61-50)56-52(59(49)47-30-24-39-16-8-10-18-43(39)34-47)51-55(62-56)53-48(31-32-60-53)58(51)46-29-23-38-15-7-9-17-42(38)33-46/h1-35H. The first-order valence-corrected chi connectivity index (χ1v) is 23.3. The number of rotatable bonds is 7. The van der Waals surface area contributed by atoms with Crippen LogP contribution in [0.5, 0.6) is 0 Å². The summed E-state index contributed by atoms with van der Waals surface area (Å²) in [6, 6.07) is 75.3. The molecular formula is C56H35N3S3. The molecule has 0 radical (unpaired) electrons. The number of thiophene rings is 3. The van der Waals surface area contributed by atoms with Crippen LogP contribution in [0, 0.1) is 0 Å². The number of aromatic nitrogens is 2. The molecule has 8 aromatic carbocycles. The van der Waals surface area contributed by atoms with Crippen LogP contribution >= 0.6 is 34.0 Å². The van der Waals surface area contributed by atoms with Gasteiger partial charge in [-0.2, -0.15) is 0 Å². The van der Waals surface area contributed by atoms with Gasteiger partial charge in [0.25, 0.3) is 0 Å². The molecule has 0 atom stereocenters. The lowest BCUT2D eigenvalue weighted by Crippen LogP contribution is -2.08. The lowest BCUT2D eigenvalue weighted by Gasteiger charge is -2.24. The van der Waals surface area contributed by atoms with Crippen LogP contribution in [0.3, 0.4) is 0 Å². The summed E-state index contributed by atoms with van der Waals surface area (Å²) in [5.74, 6) is 0. The first-order valence-electron chi connectivity index (χ1n) is 20.8. The zero-order valence-electron chi connectivity index (χ0n) is 33.3. The van der Waals surface area contributed by atoms with Gasteiger partial charge < -0.3 is 14.0 Å². The van der Waals surface area contributed by atoms with Crippen LogP contribution in [0.4, 0.5) is 16.4 Å². The fourth-order valence-electron chi connectivity index (χ4n) is 9.27. The molecule has 292 valence electrons. The van der Waals surface area contributed by atoms with E-state index in [9.17, 15) is 0 Å². The molecule has 3 nitrogen and oxygen atoms in total. The van der Waals surface area contributed by atoms with Crippen molar-refractivity contribution < 1.29 is 0 Å². The van der Waals surface area contributed by atoms with Crippen molar-refractivity contribution in [3.8, 4) is 33.6 Å². The molecule has 0 aliphatic carbocycles. The first-order chi connectivity index (χ1) is 30.7. The summed E-state index contributed by atoms with van der Waals surface area (Å²) in [6.45, 7) is 0. The maximum absolute atomic E-state index is 2.55. The van der Waals surface area contributed by atoms with Crippen LogP contribution in [0.15, 0.2) is 212 Å². The van der Waals surface area contributed by atoms with Gasteiger partial charge in [0.05, 0.1) is 40.9 Å². The average Bonchev–Trinajstić information content (AvgIpc) is 4.16. The third kappa shape index (κ3) is 5.61. The summed E-state index contributed by atoms with van der Waals surface area (Å²) in [6.07, 6.45) is 0. The van der Waals surface area contributed by atoms with Crippen LogP contribution < -0.4 is 4.90 Å². The molecule has 13 rings (SSSR count). The summed E-state index contributed by atoms with van der Waals surface area (Å²) in [7, 11) is 0. The van der Waals surface area contributed by atoms with Crippen molar-refractivity contribution in [3.05, 3.63) is 212 Å². The van der Waals surface area contributed by atoms with E-state index in [4.69, 9.17) is 0 Å². The first kappa shape index (κ1) is 35.5. The molecule has 0 aliphatic rings. The van der Waals surface area contributed by atoms with E-state index >= 15 is 0 Å². The Kier molecular flexibility index (Phi) is 8.13. The van der Waals surface area contributed by atoms with Crippen LogP contribution in [-0.4, -0.2) is 9.13 Å². The number of benzene rings is 8. The van der Waals surface area contributed by atoms with Gasteiger partial charge in [-0.1, -0.05) is 146 Å². The number of hydrogen-bond donors (Lipinski definition) is 0. The summed E-state index contributed by atoms with van der Waals surface area (Å²) < 4.78 is 10.4. The van der Waals surface area contributed by atoms with Crippen molar-refractivity contribution in [1.82, 2.24) is 9.13 Å². The van der Waals surface area contributed by atoms with Gasteiger partial charge in [-0.05, 0) is 110 Å². The Morgan fingerprint density at radius 3 is 1.35 bits per heavy atom. The molecule has 0 aliphatic heterocycles. The summed E-state index contributed by atoms with van der Waals surface area (Å²) >= 11 is 5.67. The highest BCUT2D eigenvalue weighted by molar-refractivity contribution is 7.34. The van der Waals surface area contributed by atoms with Crippen LogP contribution in [0.1, 0.15) is 0 Å². The Morgan fingerprint density at radius 1 is 0.339 bits per heavy atom. The van der Waals surface area contributed by atoms with Crippen LogP contribution in [-0.2, 0) is 0 Å². The molecule has 13 aromatic rings. The summed E-state index contributed by atoms with van der Waals surface area (Å²) in [5, 5.41) is 8.37. The predicted octanol–water partition coefficient (Wildman–Crippen LogP) is 17.2. The smallest absolute Gasteiger partial charge is 0.103 e. The average molecular weight is 846 g/mol. The molecule has 6 heteroatoms. The third-order valence-corrected chi connectivity index (χ3v) is 15.7. The molecule has 5 aromatic heterocycles. The number of anilines is 3. The van der Waals surface area contributed by atoms with Crippen molar-refractivity contribution in [3.63, 3.8) is 0 Å². The molecule has 0 unspecified atom stereocenters. The van der Waals surface area contributed by atoms with E-state index in [2.05, 4.69) is 226 Å². The summed E-state index contributed by atoms with van der Waals surface area (Å²) in [5.41, 5.74) is 14.4. The van der Waals surface area contributed by atoms with Crippen LogP contribution in [0.2, 0.25) is 0 Å². The van der Waals surface area contributed by atoms with Gasteiger partial charge in [0.2, 0.25) is 0 Å². The second kappa shape index (κ2) is 14.2. The fraction of sp³-hybridized carbons (Fsp3) is 0. The van der Waals surface area contributed by atoms with E-state index < -0.39 is 0 Å². The zero-order chi connectivity index (χ0) is 40.7. The van der Waals surface area contributed by atoms with E-state index in [1.165, 1.54) is 95.4 Å². The van der Waals surface area contributed by atoms with Gasteiger partial charge >= 0.3 is 0 Å². The van der Waals surface area contributed by atoms with Crippen molar-refractivity contribution in [1.29, 1.82) is 0 Å². The van der Waals surface area contributed by atoms with E-state index in [-0.39, 0.29) is 0 Å². The van der Waals surface area contributed by atoms with E-state index in [0.717, 1.165) is 17.1 Å². The van der Waals surface area contributed by atoms with Gasteiger partial charge in [0.1, 0.15) is 5.00 Å². The molecule has 0 spiro atoms. The highest BCUT2D eigenvalue weighted by Crippen LogP contribution is 2.53. The predicted molar refractivity (Wildman–Crippen MR) is 269 cm³/mol. The van der Waals surface area contributed by atoms with Crippen molar-refractivity contribution in [2.24, 2.45) is 0 Å². The zero-order valence-corrected chi connectivity index (χ0v) is 35.7. The number of fused-ring (bicyclic) bond motifs is 9. The number of nitrogens with zero attached hydrogens (tertiary/aromatic N) is 3. The van der Waals surface area contributed by atoms with Gasteiger partial charge in [-0.3, -0.25) is 0 Å². The summed E-state index contributed by atoms with van der Waals surface area (Å²) in [4.78, 5) is 2.44. The largest absolute Gasteiger partial charge is 0.306 e. The topological polar surface area (TPSA) is 13.1 Å². The molecule has 0 amide bonds. The van der Waals surface area contributed by atoms with E-state index in [1.54, 1.807) is 0 Å². The second-order valence-corrected chi connectivity index (χ2v) is 18.8. The molecule has 0 saturated heterocycles. The maximum Gasteiger partial charge on any atom is 0.103 e. The minimum atomic E-state index is 1.12. The van der Waals surface area contributed by atoms with Crippen LogP contribution in [0.25, 0.3) is 96.0 Å². The Labute approximate surface area is 369 Å². The van der Waals surface area contributed by atoms with Gasteiger partial charge in [-0.15, -0.1) is 34.0 Å².